The van der Waals surface area contributed by atoms with Gasteiger partial charge in [-0.1, -0.05) is 35.3 Å². The molecule has 1 aliphatic rings. The van der Waals surface area contributed by atoms with Crippen molar-refractivity contribution in [3.05, 3.63) is 40.0 Å². The Kier molecular flexibility index (Phi) is 5.15. The standard InChI is InChI=1S/C17H20Cl2N4O/c18-12-3-1-2-11(16(12)19)14-6-13(21)17(15(9-24)22-14)23-5-4-10(7-20)8-23/h1-3,6,10,24H,4-5,7-9,20H2,(H2,21,22). The van der Waals surface area contributed by atoms with Crippen LogP contribution in [-0.4, -0.2) is 29.7 Å². The molecular weight excluding hydrogens is 347 g/mol. The Hall–Kier alpha value is -1.53. The summed E-state index contributed by atoms with van der Waals surface area (Å²) in [4.78, 5) is 6.72. The summed E-state index contributed by atoms with van der Waals surface area (Å²) < 4.78 is 0. The Labute approximate surface area is 151 Å². The molecule has 0 radical (unpaired) electrons. The van der Waals surface area contributed by atoms with Crippen molar-refractivity contribution >= 4 is 34.6 Å². The van der Waals surface area contributed by atoms with Crippen molar-refractivity contribution in [2.45, 2.75) is 13.0 Å². The van der Waals surface area contributed by atoms with Gasteiger partial charge in [0.25, 0.3) is 0 Å². The molecule has 5 N–H and O–H groups in total. The smallest absolute Gasteiger partial charge is 0.0919 e. The molecule has 1 aromatic heterocycles. The van der Waals surface area contributed by atoms with E-state index in [4.69, 9.17) is 34.7 Å². The molecule has 1 saturated heterocycles. The number of hydrogen-bond donors (Lipinski definition) is 3. The van der Waals surface area contributed by atoms with E-state index in [9.17, 15) is 5.11 Å². The molecule has 0 saturated carbocycles. The SMILES string of the molecule is NCC1CCN(c2c(N)cc(-c3cccc(Cl)c3Cl)nc2CO)C1. The van der Waals surface area contributed by atoms with E-state index in [0.717, 1.165) is 25.2 Å². The molecule has 0 amide bonds. The number of aliphatic hydroxyl groups is 1. The van der Waals surface area contributed by atoms with Crippen molar-refractivity contribution in [2.24, 2.45) is 11.7 Å². The van der Waals surface area contributed by atoms with Gasteiger partial charge in [0, 0.05) is 18.7 Å². The molecule has 7 heteroatoms. The molecule has 0 spiro atoms. The van der Waals surface area contributed by atoms with Crippen LogP contribution in [0.15, 0.2) is 24.3 Å². The number of benzene rings is 1. The molecular formula is C17H20Cl2N4O. The third-order valence-corrected chi connectivity index (χ3v) is 5.23. The minimum Gasteiger partial charge on any atom is -0.397 e. The molecule has 2 heterocycles. The Bertz CT molecular complexity index is 754. The van der Waals surface area contributed by atoms with Gasteiger partial charge in [-0.2, -0.15) is 0 Å². The molecule has 1 atom stereocenters. The number of rotatable bonds is 4. The summed E-state index contributed by atoms with van der Waals surface area (Å²) in [5.41, 5.74) is 15.2. The second-order valence-corrected chi connectivity index (χ2v) is 6.77. The van der Waals surface area contributed by atoms with Crippen LogP contribution in [0.1, 0.15) is 12.1 Å². The average Bonchev–Trinajstić information content (AvgIpc) is 3.05. The number of halogens is 2. The monoisotopic (exact) mass is 366 g/mol. The first kappa shape index (κ1) is 17.3. The fraction of sp³-hybridized carbons (Fsp3) is 0.353. The van der Waals surface area contributed by atoms with Crippen molar-refractivity contribution < 1.29 is 5.11 Å². The predicted molar refractivity (Wildman–Crippen MR) is 99.4 cm³/mol. The van der Waals surface area contributed by atoms with Crippen molar-refractivity contribution in [2.75, 3.05) is 30.3 Å². The topological polar surface area (TPSA) is 88.4 Å². The zero-order valence-electron chi connectivity index (χ0n) is 13.2. The van der Waals surface area contributed by atoms with E-state index in [-0.39, 0.29) is 6.61 Å². The van der Waals surface area contributed by atoms with Crippen molar-refractivity contribution in [3.63, 3.8) is 0 Å². The van der Waals surface area contributed by atoms with Gasteiger partial charge in [-0.3, -0.25) is 0 Å². The van der Waals surface area contributed by atoms with Crippen LogP contribution in [-0.2, 0) is 6.61 Å². The highest BCUT2D eigenvalue weighted by Crippen LogP contribution is 2.37. The molecule has 1 fully saturated rings. The van der Waals surface area contributed by atoms with Gasteiger partial charge in [-0.05, 0) is 31.0 Å². The first-order chi connectivity index (χ1) is 11.5. The van der Waals surface area contributed by atoms with E-state index in [1.165, 1.54) is 0 Å². The van der Waals surface area contributed by atoms with Crippen molar-refractivity contribution in [3.8, 4) is 11.3 Å². The molecule has 1 aromatic carbocycles. The lowest BCUT2D eigenvalue weighted by Crippen LogP contribution is -2.25. The van der Waals surface area contributed by atoms with Crippen LogP contribution in [0.2, 0.25) is 10.0 Å². The highest BCUT2D eigenvalue weighted by molar-refractivity contribution is 6.43. The Balaban J connectivity index is 2.04. The third-order valence-electron chi connectivity index (χ3n) is 4.41. The Morgan fingerprint density at radius 2 is 2.12 bits per heavy atom. The lowest BCUT2D eigenvalue weighted by molar-refractivity contribution is 0.277. The summed E-state index contributed by atoms with van der Waals surface area (Å²) in [7, 11) is 0. The first-order valence-corrected chi connectivity index (χ1v) is 8.60. The highest BCUT2D eigenvalue weighted by atomic mass is 35.5. The number of aliphatic hydroxyl groups excluding tert-OH is 1. The van der Waals surface area contributed by atoms with Crippen LogP contribution < -0.4 is 16.4 Å². The first-order valence-electron chi connectivity index (χ1n) is 7.84. The molecule has 1 unspecified atom stereocenters. The molecule has 24 heavy (non-hydrogen) atoms. The van der Waals surface area contributed by atoms with Gasteiger partial charge in [-0.15, -0.1) is 0 Å². The molecule has 5 nitrogen and oxygen atoms in total. The minimum absolute atomic E-state index is 0.199. The van der Waals surface area contributed by atoms with E-state index in [1.807, 2.05) is 6.07 Å². The maximum atomic E-state index is 9.79. The molecule has 3 rings (SSSR count). The van der Waals surface area contributed by atoms with Gasteiger partial charge in [-0.25, -0.2) is 4.98 Å². The fourth-order valence-electron chi connectivity index (χ4n) is 3.16. The van der Waals surface area contributed by atoms with Crippen molar-refractivity contribution in [1.82, 2.24) is 4.98 Å². The number of nitrogens with zero attached hydrogens (tertiary/aromatic N) is 2. The highest BCUT2D eigenvalue weighted by Gasteiger charge is 2.26. The third kappa shape index (κ3) is 3.17. The van der Waals surface area contributed by atoms with Crippen LogP contribution in [0.3, 0.4) is 0 Å². The average molecular weight is 367 g/mol. The second-order valence-electron chi connectivity index (χ2n) is 5.99. The largest absolute Gasteiger partial charge is 0.397 e. The van der Waals surface area contributed by atoms with Gasteiger partial charge in [0.1, 0.15) is 0 Å². The Morgan fingerprint density at radius 3 is 2.79 bits per heavy atom. The minimum atomic E-state index is -0.199. The zero-order valence-corrected chi connectivity index (χ0v) is 14.7. The number of pyridine rings is 1. The van der Waals surface area contributed by atoms with E-state index in [2.05, 4.69) is 9.88 Å². The fourth-order valence-corrected chi connectivity index (χ4v) is 3.55. The maximum absolute atomic E-state index is 9.79. The van der Waals surface area contributed by atoms with E-state index in [1.54, 1.807) is 18.2 Å². The van der Waals surface area contributed by atoms with E-state index >= 15 is 0 Å². The Morgan fingerprint density at radius 1 is 1.33 bits per heavy atom. The molecule has 128 valence electrons. The van der Waals surface area contributed by atoms with E-state index in [0.29, 0.717) is 45.1 Å². The van der Waals surface area contributed by atoms with Gasteiger partial charge >= 0.3 is 0 Å². The predicted octanol–water partition coefficient (Wildman–Crippen LogP) is 2.91. The number of anilines is 2. The van der Waals surface area contributed by atoms with Crippen molar-refractivity contribution in [1.29, 1.82) is 0 Å². The number of nitrogens with two attached hydrogens (primary N) is 2. The van der Waals surface area contributed by atoms with Crippen LogP contribution in [0.4, 0.5) is 11.4 Å². The van der Waals surface area contributed by atoms with Crippen LogP contribution >= 0.6 is 23.2 Å². The van der Waals surface area contributed by atoms with E-state index < -0.39 is 0 Å². The number of aromatic nitrogens is 1. The summed E-state index contributed by atoms with van der Waals surface area (Å²) in [5, 5.41) is 10.7. The van der Waals surface area contributed by atoms with Crippen LogP contribution in [0, 0.1) is 5.92 Å². The quantitative estimate of drug-likeness (QED) is 0.773. The lowest BCUT2D eigenvalue weighted by atomic mass is 10.1. The summed E-state index contributed by atoms with van der Waals surface area (Å²) in [6, 6.07) is 7.13. The van der Waals surface area contributed by atoms with Gasteiger partial charge < -0.3 is 21.5 Å². The second kappa shape index (κ2) is 7.15. The number of hydrogen-bond acceptors (Lipinski definition) is 5. The molecule has 0 bridgehead atoms. The summed E-state index contributed by atoms with van der Waals surface area (Å²) in [6.07, 6.45) is 1.02. The van der Waals surface area contributed by atoms with Gasteiger partial charge in [0.05, 0.1) is 39.4 Å². The molecule has 2 aromatic rings. The number of nitrogen functional groups attached to an aromatic ring is 1. The zero-order chi connectivity index (χ0) is 17.3. The maximum Gasteiger partial charge on any atom is 0.0919 e. The van der Waals surface area contributed by atoms with Gasteiger partial charge in [0.2, 0.25) is 0 Å². The van der Waals surface area contributed by atoms with Crippen LogP contribution in [0.25, 0.3) is 11.3 Å². The summed E-state index contributed by atoms with van der Waals surface area (Å²) >= 11 is 12.4. The normalized spacial score (nSPS) is 17.5. The molecule has 0 aliphatic carbocycles. The lowest BCUT2D eigenvalue weighted by Gasteiger charge is -2.23. The summed E-state index contributed by atoms with van der Waals surface area (Å²) in [5.74, 6) is 0.443. The van der Waals surface area contributed by atoms with Crippen LogP contribution in [0.5, 0.6) is 0 Å². The summed E-state index contributed by atoms with van der Waals surface area (Å²) in [6.45, 7) is 2.13. The van der Waals surface area contributed by atoms with Gasteiger partial charge in [0.15, 0.2) is 0 Å². The molecule has 1 aliphatic heterocycles.